The van der Waals surface area contributed by atoms with Crippen LogP contribution >= 0.6 is 0 Å². The summed E-state index contributed by atoms with van der Waals surface area (Å²) >= 11 is 0. The predicted molar refractivity (Wildman–Crippen MR) is 142 cm³/mol. The number of allylic oxidation sites excluding steroid dienone is 2. The van der Waals surface area contributed by atoms with Crippen LogP contribution in [0.4, 0.5) is 0 Å². The molecule has 182 valence electrons. The zero-order valence-corrected chi connectivity index (χ0v) is 20.8. The molecule has 0 N–H and O–H groups in total. The highest BCUT2D eigenvalue weighted by molar-refractivity contribution is 5.68. The summed E-state index contributed by atoms with van der Waals surface area (Å²) in [6.07, 6.45) is 6.96. The van der Waals surface area contributed by atoms with Crippen molar-refractivity contribution in [1.29, 1.82) is 0 Å². The minimum absolute atomic E-state index is 0.0130. The molecule has 0 radical (unpaired) electrons. The summed E-state index contributed by atoms with van der Waals surface area (Å²) in [5.74, 6) is 2.16. The molecular formula is C30H26N6O. The first kappa shape index (κ1) is 21.7. The van der Waals surface area contributed by atoms with Gasteiger partial charge in [-0.25, -0.2) is 14.5 Å². The van der Waals surface area contributed by atoms with Crippen molar-refractivity contribution in [2.24, 2.45) is 7.05 Å². The largest absolute Gasteiger partial charge is 0.438 e. The molecule has 37 heavy (non-hydrogen) atoms. The first-order chi connectivity index (χ1) is 18.2. The van der Waals surface area contributed by atoms with Crippen molar-refractivity contribution < 1.29 is 4.74 Å². The molecule has 0 bridgehead atoms. The van der Waals surface area contributed by atoms with Crippen LogP contribution in [-0.4, -0.2) is 29.4 Å². The smallest absolute Gasteiger partial charge is 0.228 e. The van der Waals surface area contributed by atoms with Gasteiger partial charge in [0.05, 0.1) is 11.3 Å². The molecule has 0 fully saturated rings. The second kappa shape index (κ2) is 8.55. The number of aromatic nitrogens is 6. The van der Waals surface area contributed by atoms with Crippen molar-refractivity contribution >= 4 is 11.7 Å². The van der Waals surface area contributed by atoms with Gasteiger partial charge in [-0.3, -0.25) is 4.68 Å². The van der Waals surface area contributed by atoms with E-state index < -0.39 is 0 Å². The zero-order chi connectivity index (χ0) is 24.9. The van der Waals surface area contributed by atoms with Gasteiger partial charge in [0.1, 0.15) is 17.8 Å². The van der Waals surface area contributed by atoms with E-state index in [4.69, 9.17) is 19.8 Å². The maximum absolute atomic E-state index is 6.62. The third-order valence-corrected chi connectivity index (χ3v) is 7.20. The molecule has 0 saturated carbocycles. The highest BCUT2D eigenvalue weighted by Gasteiger charge is 2.37. The fourth-order valence-corrected chi connectivity index (χ4v) is 5.60. The Bertz CT molecular complexity index is 1690. The second-order valence-electron chi connectivity index (χ2n) is 9.70. The Hall–Kier alpha value is -4.52. The molecule has 1 aliphatic carbocycles. The lowest BCUT2D eigenvalue weighted by Gasteiger charge is -2.34. The lowest BCUT2D eigenvalue weighted by atomic mass is 9.77. The first-order valence-electron chi connectivity index (χ1n) is 12.6. The zero-order valence-electron chi connectivity index (χ0n) is 20.8. The molecule has 4 heterocycles. The molecule has 1 aliphatic heterocycles. The van der Waals surface area contributed by atoms with E-state index in [0.29, 0.717) is 11.7 Å². The molecule has 0 amide bonds. The number of benzene rings is 2. The van der Waals surface area contributed by atoms with Crippen LogP contribution in [0.25, 0.3) is 23.2 Å². The van der Waals surface area contributed by atoms with E-state index in [2.05, 4.69) is 65.8 Å². The van der Waals surface area contributed by atoms with Gasteiger partial charge in [0.15, 0.2) is 11.5 Å². The van der Waals surface area contributed by atoms with Crippen molar-refractivity contribution in [3.8, 4) is 17.4 Å². The van der Waals surface area contributed by atoms with Crippen LogP contribution in [0.1, 0.15) is 47.6 Å². The summed E-state index contributed by atoms with van der Waals surface area (Å²) in [7, 11) is 1.91. The summed E-state index contributed by atoms with van der Waals surface area (Å²) in [4.78, 5) is 9.75. The van der Waals surface area contributed by atoms with E-state index in [1.54, 1.807) is 10.8 Å². The summed E-state index contributed by atoms with van der Waals surface area (Å²) in [6.45, 7) is 1.97. The normalized spacial score (nSPS) is 18.1. The van der Waals surface area contributed by atoms with Crippen molar-refractivity contribution in [2.45, 2.75) is 32.1 Å². The molecular weight excluding hydrogens is 460 g/mol. The van der Waals surface area contributed by atoms with Crippen LogP contribution in [0.2, 0.25) is 0 Å². The van der Waals surface area contributed by atoms with Crippen molar-refractivity contribution in [1.82, 2.24) is 29.4 Å². The van der Waals surface area contributed by atoms with Crippen molar-refractivity contribution in [2.75, 3.05) is 0 Å². The van der Waals surface area contributed by atoms with Gasteiger partial charge in [-0.15, -0.1) is 5.10 Å². The van der Waals surface area contributed by atoms with Crippen LogP contribution in [0, 0.1) is 6.92 Å². The van der Waals surface area contributed by atoms with Crippen LogP contribution in [0.5, 0.6) is 5.88 Å². The summed E-state index contributed by atoms with van der Waals surface area (Å²) in [5, 5.41) is 9.25. The minimum atomic E-state index is -0.0130. The SMILES string of the molecule is Cc1cc(-c2nc3c4c(ncn3n2)OC2=C(CCC/C2=C\c2ccccc2)[C@H]4c2ccccc2)n(C)n1. The van der Waals surface area contributed by atoms with Crippen LogP contribution in [-0.2, 0) is 7.05 Å². The van der Waals surface area contributed by atoms with Gasteiger partial charge >= 0.3 is 0 Å². The number of aryl methyl sites for hydroxylation is 2. The maximum Gasteiger partial charge on any atom is 0.228 e. The number of hydrogen-bond donors (Lipinski definition) is 0. The number of hydrogen-bond acceptors (Lipinski definition) is 5. The molecule has 0 saturated heterocycles. The molecule has 7 rings (SSSR count). The summed E-state index contributed by atoms with van der Waals surface area (Å²) in [5.41, 5.74) is 8.40. The highest BCUT2D eigenvalue weighted by Crippen LogP contribution is 2.49. The summed E-state index contributed by atoms with van der Waals surface area (Å²) in [6, 6.07) is 23.1. The van der Waals surface area contributed by atoms with Gasteiger partial charge in [-0.2, -0.15) is 5.10 Å². The van der Waals surface area contributed by atoms with Crippen molar-refractivity contribution in [3.63, 3.8) is 0 Å². The summed E-state index contributed by atoms with van der Waals surface area (Å²) < 4.78 is 10.2. The Labute approximate surface area is 214 Å². The Morgan fingerprint density at radius 3 is 2.51 bits per heavy atom. The van der Waals surface area contributed by atoms with Crippen LogP contribution in [0.15, 0.2) is 90.0 Å². The Kier molecular flexibility index (Phi) is 5.02. The molecule has 2 aromatic carbocycles. The maximum atomic E-state index is 6.62. The third kappa shape index (κ3) is 3.66. The number of ether oxygens (including phenoxy) is 1. The van der Waals surface area contributed by atoms with E-state index in [1.807, 2.05) is 30.8 Å². The van der Waals surface area contributed by atoms with E-state index in [1.165, 1.54) is 22.3 Å². The fraction of sp³-hybridized carbons (Fsp3) is 0.200. The molecule has 0 unspecified atom stereocenters. The number of fused-ring (bicyclic) bond motifs is 3. The second-order valence-corrected chi connectivity index (χ2v) is 9.70. The average Bonchev–Trinajstić information content (AvgIpc) is 3.51. The number of nitrogens with zero attached hydrogens (tertiary/aromatic N) is 6. The van der Waals surface area contributed by atoms with Crippen LogP contribution in [0.3, 0.4) is 0 Å². The number of rotatable bonds is 3. The van der Waals surface area contributed by atoms with Crippen LogP contribution < -0.4 is 4.74 Å². The quantitative estimate of drug-likeness (QED) is 0.319. The molecule has 2 aliphatic rings. The monoisotopic (exact) mass is 486 g/mol. The molecule has 5 aromatic rings. The lowest BCUT2D eigenvalue weighted by Crippen LogP contribution is -2.22. The predicted octanol–water partition coefficient (Wildman–Crippen LogP) is 5.88. The van der Waals surface area contributed by atoms with E-state index in [0.717, 1.165) is 47.6 Å². The van der Waals surface area contributed by atoms with Gasteiger partial charge in [0, 0.05) is 13.0 Å². The van der Waals surface area contributed by atoms with E-state index >= 15 is 0 Å². The van der Waals surface area contributed by atoms with E-state index in [9.17, 15) is 0 Å². The van der Waals surface area contributed by atoms with Gasteiger partial charge in [0.25, 0.3) is 0 Å². The Balaban J connectivity index is 1.44. The van der Waals surface area contributed by atoms with E-state index in [-0.39, 0.29) is 5.92 Å². The Morgan fingerprint density at radius 1 is 0.973 bits per heavy atom. The standard InChI is InChI=1S/C30H26N6O/c1-19-16-24(35(2)33-19)28-32-29-26-25(21-12-7-4-8-13-21)23-15-9-14-22(17-20-10-5-3-6-11-20)27(23)37-30(26)31-18-36(29)34-28/h3-8,10-13,16-18,25H,9,14-15H2,1-2H3/b22-17+/t25-/m1/s1. The molecule has 1 atom stereocenters. The van der Waals surface area contributed by atoms with Gasteiger partial charge < -0.3 is 4.74 Å². The molecule has 3 aromatic heterocycles. The fourth-order valence-electron chi connectivity index (χ4n) is 5.60. The average molecular weight is 487 g/mol. The van der Waals surface area contributed by atoms with Gasteiger partial charge in [-0.05, 0) is 60.6 Å². The van der Waals surface area contributed by atoms with Crippen molar-refractivity contribution in [3.05, 3.63) is 112 Å². The highest BCUT2D eigenvalue weighted by atomic mass is 16.5. The Morgan fingerprint density at radius 2 is 1.76 bits per heavy atom. The first-order valence-corrected chi connectivity index (χ1v) is 12.6. The molecule has 0 spiro atoms. The molecule has 7 nitrogen and oxygen atoms in total. The third-order valence-electron chi connectivity index (χ3n) is 7.20. The lowest BCUT2D eigenvalue weighted by molar-refractivity contribution is 0.371. The topological polar surface area (TPSA) is 70.1 Å². The van der Waals surface area contributed by atoms with Gasteiger partial charge in [-0.1, -0.05) is 60.7 Å². The molecule has 7 heteroatoms. The van der Waals surface area contributed by atoms with Gasteiger partial charge in [0.2, 0.25) is 5.88 Å². The minimum Gasteiger partial charge on any atom is -0.438 e.